The number of nitrogen functional groups attached to an aromatic ring is 1. The van der Waals surface area contributed by atoms with Crippen LogP contribution in [0, 0.1) is 0 Å². The Morgan fingerprint density at radius 2 is 2.05 bits per heavy atom. The Morgan fingerprint density at radius 3 is 2.67 bits per heavy atom. The van der Waals surface area contributed by atoms with E-state index in [1.807, 2.05) is 6.07 Å². The van der Waals surface area contributed by atoms with Crippen LogP contribution in [0.3, 0.4) is 0 Å². The lowest BCUT2D eigenvalue weighted by molar-refractivity contribution is 0.0950. The van der Waals surface area contributed by atoms with Crippen LogP contribution in [0.1, 0.15) is 15.9 Å². The van der Waals surface area contributed by atoms with E-state index in [1.54, 1.807) is 12.3 Å². The Kier molecular flexibility index (Phi) is 4.88. The van der Waals surface area contributed by atoms with Gasteiger partial charge in [0.25, 0.3) is 5.91 Å². The minimum atomic E-state index is -0.315. The Morgan fingerprint density at radius 1 is 1.38 bits per heavy atom. The number of nitrogens with two attached hydrogens (primary N) is 1. The molecule has 0 fully saturated rings. The van der Waals surface area contributed by atoms with Crippen molar-refractivity contribution in [1.82, 2.24) is 10.3 Å². The predicted molar refractivity (Wildman–Crippen MR) is 82.8 cm³/mol. The third-order valence-corrected chi connectivity index (χ3v) is 3.45. The number of aromatic nitrogens is 1. The Labute approximate surface area is 132 Å². The Hall–Kier alpha value is -1.98. The monoisotopic (exact) mass is 325 g/mol. The number of methoxy groups -OCH3 is 1. The second-order valence-corrected chi connectivity index (χ2v) is 5.02. The summed E-state index contributed by atoms with van der Waals surface area (Å²) in [5, 5.41) is 3.23. The van der Waals surface area contributed by atoms with Gasteiger partial charge in [0, 0.05) is 23.9 Å². The highest BCUT2D eigenvalue weighted by Crippen LogP contribution is 2.28. The van der Waals surface area contributed by atoms with Crippen molar-refractivity contribution in [3.8, 4) is 5.88 Å². The molecule has 2 aromatic rings. The van der Waals surface area contributed by atoms with Crippen molar-refractivity contribution >= 4 is 34.8 Å². The summed E-state index contributed by atoms with van der Waals surface area (Å²) in [4.78, 5) is 16.2. The highest BCUT2D eigenvalue weighted by atomic mass is 35.5. The van der Waals surface area contributed by atoms with Crippen molar-refractivity contribution in [3.63, 3.8) is 0 Å². The van der Waals surface area contributed by atoms with Gasteiger partial charge in [0.2, 0.25) is 5.88 Å². The molecule has 0 aliphatic carbocycles. The molecule has 21 heavy (non-hydrogen) atoms. The summed E-state index contributed by atoms with van der Waals surface area (Å²) in [6, 6.07) is 6.52. The summed E-state index contributed by atoms with van der Waals surface area (Å²) in [5.74, 6) is 0.149. The fourth-order valence-corrected chi connectivity index (χ4v) is 2.22. The SMILES string of the molecule is COc1ncccc1CNC(=O)c1cc(Cl)c(N)c(Cl)c1. The van der Waals surface area contributed by atoms with E-state index in [0.29, 0.717) is 11.4 Å². The van der Waals surface area contributed by atoms with Gasteiger partial charge in [-0.15, -0.1) is 0 Å². The number of pyridine rings is 1. The summed E-state index contributed by atoms with van der Waals surface area (Å²) in [5.41, 5.74) is 6.99. The molecule has 0 spiro atoms. The van der Waals surface area contributed by atoms with E-state index in [0.717, 1.165) is 5.56 Å². The number of anilines is 1. The first-order valence-corrected chi connectivity index (χ1v) is 6.79. The second-order valence-electron chi connectivity index (χ2n) is 4.21. The molecule has 7 heteroatoms. The first-order valence-electron chi connectivity index (χ1n) is 6.03. The number of carbonyl (C=O) groups is 1. The minimum Gasteiger partial charge on any atom is -0.481 e. The molecule has 2 rings (SSSR count). The number of carbonyl (C=O) groups excluding carboxylic acids is 1. The summed E-state index contributed by atoms with van der Waals surface area (Å²) in [7, 11) is 1.52. The van der Waals surface area contributed by atoms with Crippen LogP contribution in [0.25, 0.3) is 0 Å². The molecule has 1 amide bonds. The molecule has 1 aromatic carbocycles. The number of rotatable bonds is 4. The maximum Gasteiger partial charge on any atom is 0.251 e. The van der Waals surface area contributed by atoms with E-state index in [1.165, 1.54) is 19.2 Å². The number of hydrogen-bond donors (Lipinski definition) is 2. The van der Waals surface area contributed by atoms with E-state index in [2.05, 4.69) is 10.3 Å². The quantitative estimate of drug-likeness (QED) is 0.847. The van der Waals surface area contributed by atoms with Crippen LogP contribution < -0.4 is 15.8 Å². The van der Waals surface area contributed by atoms with E-state index >= 15 is 0 Å². The van der Waals surface area contributed by atoms with Gasteiger partial charge in [-0.1, -0.05) is 29.3 Å². The van der Waals surface area contributed by atoms with E-state index < -0.39 is 0 Å². The highest BCUT2D eigenvalue weighted by Gasteiger charge is 2.12. The molecule has 0 aliphatic rings. The number of ether oxygens (including phenoxy) is 1. The lowest BCUT2D eigenvalue weighted by atomic mass is 10.2. The highest BCUT2D eigenvalue weighted by molar-refractivity contribution is 6.39. The van der Waals surface area contributed by atoms with Gasteiger partial charge >= 0.3 is 0 Å². The fraction of sp³-hybridized carbons (Fsp3) is 0.143. The minimum absolute atomic E-state index is 0.242. The fourth-order valence-electron chi connectivity index (χ4n) is 1.74. The van der Waals surface area contributed by atoms with Gasteiger partial charge in [0.05, 0.1) is 22.8 Å². The zero-order valence-electron chi connectivity index (χ0n) is 11.2. The van der Waals surface area contributed by atoms with Crippen LogP contribution in [0.5, 0.6) is 5.88 Å². The topological polar surface area (TPSA) is 77.2 Å². The summed E-state index contributed by atoms with van der Waals surface area (Å²) < 4.78 is 5.12. The molecule has 5 nitrogen and oxygen atoms in total. The summed E-state index contributed by atoms with van der Waals surface area (Å²) in [6.07, 6.45) is 1.61. The van der Waals surface area contributed by atoms with Gasteiger partial charge in [0.15, 0.2) is 0 Å². The largest absolute Gasteiger partial charge is 0.481 e. The molecule has 1 aromatic heterocycles. The van der Waals surface area contributed by atoms with Gasteiger partial charge in [0.1, 0.15) is 0 Å². The lowest BCUT2D eigenvalue weighted by Crippen LogP contribution is -2.23. The number of nitrogens with zero attached hydrogens (tertiary/aromatic N) is 1. The first-order chi connectivity index (χ1) is 10.0. The van der Waals surface area contributed by atoms with Crippen LogP contribution in [-0.4, -0.2) is 18.0 Å². The molecule has 0 aliphatic heterocycles. The van der Waals surface area contributed by atoms with Gasteiger partial charge in [-0.05, 0) is 18.2 Å². The van der Waals surface area contributed by atoms with Gasteiger partial charge in [-0.25, -0.2) is 4.98 Å². The number of halogens is 2. The van der Waals surface area contributed by atoms with Crippen molar-refractivity contribution in [3.05, 3.63) is 51.6 Å². The van der Waals surface area contributed by atoms with Crippen LogP contribution in [0.4, 0.5) is 5.69 Å². The van der Waals surface area contributed by atoms with E-state index in [4.69, 9.17) is 33.7 Å². The lowest BCUT2D eigenvalue weighted by Gasteiger charge is -2.10. The summed E-state index contributed by atoms with van der Waals surface area (Å²) >= 11 is 11.8. The molecule has 1 heterocycles. The standard InChI is InChI=1S/C14H13Cl2N3O2/c1-21-14-8(3-2-4-18-14)7-19-13(20)9-5-10(15)12(17)11(16)6-9/h2-6H,7,17H2,1H3,(H,19,20). The molecular weight excluding hydrogens is 313 g/mol. The number of nitrogens with one attached hydrogen (secondary N) is 1. The van der Waals surface area contributed by atoms with Crippen molar-refractivity contribution < 1.29 is 9.53 Å². The van der Waals surface area contributed by atoms with E-state index in [-0.39, 0.29) is 28.2 Å². The Balaban J connectivity index is 2.12. The zero-order chi connectivity index (χ0) is 15.4. The number of hydrogen-bond acceptors (Lipinski definition) is 4. The first kappa shape index (κ1) is 15.4. The molecule has 0 bridgehead atoms. The van der Waals surface area contributed by atoms with Gasteiger partial charge in [-0.3, -0.25) is 4.79 Å². The van der Waals surface area contributed by atoms with Gasteiger partial charge in [-0.2, -0.15) is 0 Å². The second kappa shape index (κ2) is 6.65. The molecule has 0 saturated heterocycles. The van der Waals surface area contributed by atoms with Crippen LogP contribution in [0.15, 0.2) is 30.5 Å². The number of benzene rings is 1. The van der Waals surface area contributed by atoms with Crippen molar-refractivity contribution in [2.45, 2.75) is 6.54 Å². The van der Waals surface area contributed by atoms with Crippen LogP contribution in [0.2, 0.25) is 10.0 Å². The molecule has 3 N–H and O–H groups in total. The Bertz CT molecular complexity index is 654. The third-order valence-electron chi connectivity index (χ3n) is 2.82. The predicted octanol–water partition coefficient (Wildman–Crippen LogP) is 2.91. The maximum atomic E-state index is 12.1. The molecule has 0 unspecified atom stereocenters. The van der Waals surface area contributed by atoms with E-state index in [9.17, 15) is 4.79 Å². The molecule has 0 saturated carbocycles. The zero-order valence-corrected chi connectivity index (χ0v) is 12.7. The van der Waals surface area contributed by atoms with Crippen molar-refractivity contribution in [2.75, 3.05) is 12.8 Å². The van der Waals surface area contributed by atoms with Crippen molar-refractivity contribution in [1.29, 1.82) is 0 Å². The van der Waals surface area contributed by atoms with Crippen LogP contribution >= 0.6 is 23.2 Å². The smallest absolute Gasteiger partial charge is 0.251 e. The molecule has 0 radical (unpaired) electrons. The molecule has 0 atom stereocenters. The normalized spacial score (nSPS) is 10.2. The number of amides is 1. The average Bonchev–Trinajstić information content (AvgIpc) is 2.49. The van der Waals surface area contributed by atoms with Crippen molar-refractivity contribution in [2.24, 2.45) is 0 Å². The maximum absolute atomic E-state index is 12.1. The molecular formula is C14H13Cl2N3O2. The molecule has 110 valence electrons. The van der Waals surface area contributed by atoms with Gasteiger partial charge < -0.3 is 15.8 Å². The third kappa shape index (κ3) is 3.56. The summed E-state index contributed by atoms with van der Waals surface area (Å²) in [6.45, 7) is 0.273. The van der Waals surface area contributed by atoms with Crippen LogP contribution in [-0.2, 0) is 6.54 Å². The average molecular weight is 326 g/mol.